The van der Waals surface area contributed by atoms with Crippen molar-refractivity contribution in [1.29, 1.82) is 0 Å². The number of halogens is 3. The molecule has 10 rings (SSSR count). The van der Waals surface area contributed by atoms with Gasteiger partial charge in [0.15, 0.2) is 23.2 Å². The maximum absolute atomic E-state index is 14.0. The molecule has 13 nitrogen and oxygen atoms in total. The van der Waals surface area contributed by atoms with E-state index < -0.39 is 6.29 Å². The van der Waals surface area contributed by atoms with Crippen molar-refractivity contribution in [2.45, 2.75) is 19.5 Å². The van der Waals surface area contributed by atoms with Crippen molar-refractivity contribution in [3.63, 3.8) is 0 Å². The molecule has 1 fully saturated rings. The topological polar surface area (TPSA) is 134 Å². The lowest BCUT2D eigenvalue weighted by Gasteiger charge is -2.37. The Morgan fingerprint density at radius 2 is 1.13 bits per heavy atom. The first-order valence-electron chi connectivity index (χ1n) is 19.7. The minimum atomic E-state index is -0.604. The van der Waals surface area contributed by atoms with E-state index in [4.69, 9.17) is 49.9 Å². The molecule has 6 heterocycles. The summed E-state index contributed by atoms with van der Waals surface area (Å²) in [5, 5.41) is 5.19. The zero-order chi connectivity index (χ0) is 42.7. The van der Waals surface area contributed by atoms with Gasteiger partial charge in [-0.1, -0.05) is 35.9 Å². The lowest BCUT2D eigenvalue weighted by atomic mass is 10.2. The number of hydrogen-bond donors (Lipinski definition) is 0. The standard InChI is InChI=1S/C47H33ClF2N8O5/c48-44-22-38-41(24-52-44)54-28-56-46(38)58(34-9-13-36(14-10-34)62-26-30-4-2-6-32(50)20-30)57(33-7-11-35(12-8-33)61-25-29-3-1-5-31(49)19-29)45-37-21-39(51-23-40(37)53-27-55-45)42-15-16-43(63-42)47-59-17-18-60-47/h1-16,19-24,27-28,47H,17-18,25-26H2. The van der Waals surface area contributed by atoms with Crippen LogP contribution in [-0.4, -0.2) is 43.1 Å². The van der Waals surface area contributed by atoms with Gasteiger partial charge in [0.2, 0.25) is 6.29 Å². The van der Waals surface area contributed by atoms with Crippen molar-refractivity contribution in [2.75, 3.05) is 23.2 Å². The van der Waals surface area contributed by atoms with E-state index in [0.717, 1.165) is 0 Å². The Labute approximate surface area is 363 Å². The van der Waals surface area contributed by atoms with Gasteiger partial charge in [0.1, 0.15) is 59.8 Å². The molecule has 0 radical (unpaired) electrons. The van der Waals surface area contributed by atoms with Crippen LogP contribution < -0.4 is 19.5 Å². The van der Waals surface area contributed by atoms with Crippen LogP contribution in [0.2, 0.25) is 5.15 Å². The summed E-state index contributed by atoms with van der Waals surface area (Å²) in [4.78, 5) is 27.8. The number of rotatable bonds is 13. The number of hydrogen-bond acceptors (Lipinski definition) is 13. The molecule has 63 heavy (non-hydrogen) atoms. The highest BCUT2D eigenvalue weighted by atomic mass is 35.5. The molecule has 0 aliphatic carbocycles. The molecule has 0 atom stereocenters. The fraction of sp³-hybridized carbons (Fsp3) is 0.106. The zero-order valence-electron chi connectivity index (χ0n) is 33.0. The van der Waals surface area contributed by atoms with E-state index in [9.17, 15) is 8.78 Å². The van der Waals surface area contributed by atoms with Crippen molar-refractivity contribution < 1.29 is 32.1 Å². The van der Waals surface area contributed by atoms with Gasteiger partial charge in [-0.25, -0.2) is 43.7 Å². The Kier molecular flexibility index (Phi) is 10.9. The summed E-state index contributed by atoms with van der Waals surface area (Å²) < 4.78 is 57.7. The monoisotopic (exact) mass is 862 g/mol. The lowest BCUT2D eigenvalue weighted by Crippen LogP contribution is -2.37. The predicted molar refractivity (Wildman–Crippen MR) is 231 cm³/mol. The number of hydrazine groups is 1. The van der Waals surface area contributed by atoms with Crippen molar-refractivity contribution in [1.82, 2.24) is 29.9 Å². The van der Waals surface area contributed by atoms with E-state index >= 15 is 0 Å². The molecule has 0 unspecified atom stereocenters. The number of nitrogens with zero attached hydrogens (tertiary/aromatic N) is 8. The Bertz CT molecular complexity index is 3060. The number of fused-ring (bicyclic) bond motifs is 2. The molecule has 9 aromatic rings. The van der Waals surface area contributed by atoms with Crippen LogP contribution in [0.5, 0.6) is 11.5 Å². The summed E-state index contributed by atoms with van der Waals surface area (Å²) >= 11 is 6.54. The van der Waals surface area contributed by atoms with Crippen molar-refractivity contribution in [3.8, 4) is 23.0 Å². The quantitative estimate of drug-likeness (QED) is 0.0805. The maximum atomic E-state index is 14.0. The predicted octanol–water partition coefficient (Wildman–Crippen LogP) is 10.6. The number of benzene rings is 4. The molecule has 5 aromatic heterocycles. The number of aromatic nitrogens is 6. The van der Waals surface area contributed by atoms with Crippen molar-refractivity contribution in [3.05, 3.63) is 180 Å². The highest BCUT2D eigenvalue weighted by Gasteiger charge is 2.29. The van der Waals surface area contributed by atoms with Gasteiger partial charge in [0, 0.05) is 10.8 Å². The van der Waals surface area contributed by atoms with E-state index in [1.165, 1.54) is 36.9 Å². The molecule has 4 aromatic carbocycles. The number of pyridine rings is 2. The molecule has 1 aliphatic rings. The summed E-state index contributed by atoms with van der Waals surface area (Å²) in [6.07, 6.45) is 5.54. The third kappa shape index (κ3) is 8.52. The Balaban J connectivity index is 1.11. The summed E-state index contributed by atoms with van der Waals surface area (Å²) in [5.41, 5.74) is 4.21. The molecule has 0 saturated carbocycles. The first-order valence-corrected chi connectivity index (χ1v) is 20.0. The van der Waals surface area contributed by atoms with Crippen LogP contribution in [0.1, 0.15) is 23.2 Å². The minimum absolute atomic E-state index is 0.155. The van der Waals surface area contributed by atoms with E-state index in [1.807, 2.05) is 70.7 Å². The summed E-state index contributed by atoms with van der Waals surface area (Å²) in [6, 6.07) is 34.4. The summed E-state index contributed by atoms with van der Waals surface area (Å²) in [5.74, 6) is 2.27. The number of furan rings is 1. The van der Waals surface area contributed by atoms with Gasteiger partial charge in [0.05, 0.1) is 48.0 Å². The molecule has 1 saturated heterocycles. The second-order valence-electron chi connectivity index (χ2n) is 14.2. The third-order valence-corrected chi connectivity index (χ3v) is 10.3. The molecule has 1 aliphatic heterocycles. The molecular weight excluding hydrogens is 830 g/mol. The molecule has 0 N–H and O–H groups in total. The average Bonchev–Trinajstić information content (AvgIpc) is 4.04. The van der Waals surface area contributed by atoms with Gasteiger partial charge in [0.25, 0.3) is 0 Å². The number of anilines is 4. The van der Waals surface area contributed by atoms with Crippen LogP contribution in [0.15, 0.2) is 151 Å². The second kappa shape index (κ2) is 17.4. The van der Waals surface area contributed by atoms with Crippen molar-refractivity contribution >= 4 is 56.4 Å². The van der Waals surface area contributed by atoms with E-state index in [-0.39, 0.29) is 30.0 Å². The highest BCUT2D eigenvalue weighted by molar-refractivity contribution is 6.30. The van der Waals surface area contributed by atoms with Crippen LogP contribution >= 0.6 is 11.6 Å². The van der Waals surface area contributed by atoms with Gasteiger partial charge in [-0.2, -0.15) is 0 Å². The molecule has 0 amide bonds. The van der Waals surface area contributed by atoms with Crippen LogP contribution in [0.4, 0.5) is 31.8 Å². The first kappa shape index (κ1) is 39.5. The molecule has 312 valence electrons. The average molecular weight is 863 g/mol. The molecular formula is C47H33ClF2N8O5. The normalized spacial score (nSPS) is 12.8. The zero-order valence-corrected chi connectivity index (χ0v) is 33.8. The summed E-state index contributed by atoms with van der Waals surface area (Å²) in [6.45, 7) is 1.25. The second-order valence-corrected chi connectivity index (χ2v) is 14.6. The fourth-order valence-corrected chi connectivity index (χ4v) is 7.25. The Morgan fingerprint density at radius 3 is 1.68 bits per heavy atom. The minimum Gasteiger partial charge on any atom is -0.489 e. The molecule has 0 bridgehead atoms. The van der Waals surface area contributed by atoms with Gasteiger partial charge < -0.3 is 23.4 Å². The summed E-state index contributed by atoms with van der Waals surface area (Å²) in [7, 11) is 0. The largest absolute Gasteiger partial charge is 0.489 e. The van der Waals surface area contributed by atoms with Crippen molar-refractivity contribution in [2.24, 2.45) is 0 Å². The highest BCUT2D eigenvalue weighted by Crippen LogP contribution is 2.42. The maximum Gasteiger partial charge on any atom is 0.217 e. The van der Waals surface area contributed by atoms with Crippen LogP contribution in [0.3, 0.4) is 0 Å². The lowest BCUT2D eigenvalue weighted by molar-refractivity contribution is -0.0585. The Hall–Kier alpha value is -7.59. The Morgan fingerprint density at radius 1 is 0.587 bits per heavy atom. The third-order valence-electron chi connectivity index (χ3n) is 10.1. The van der Waals surface area contributed by atoms with E-state index in [1.54, 1.807) is 48.8 Å². The van der Waals surface area contributed by atoms with Gasteiger partial charge in [-0.05, 0) is 108 Å². The number of ether oxygens (including phenoxy) is 4. The van der Waals surface area contributed by atoms with Crippen LogP contribution in [0, 0.1) is 11.6 Å². The smallest absolute Gasteiger partial charge is 0.217 e. The van der Waals surface area contributed by atoms with Gasteiger partial charge in [-0.15, -0.1) is 0 Å². The first-order chi connectivity index (χ1) is 30.9. The molecule has 0 spiro atoms. The SMILES string of the molecule is Fc1cccc(COc2ccc(N(c3ncnc4cnc(Cl)cc34)N(c3ccc(OCc4cccc(F)c4)cc3)c3ncnc4cnc(-c5ccc(C6OCCO6)o5)cc34)cc2)c1. The van der Waals surface area contributed by atoms with Crippen LogP contribution in [0.25, 0.3) is 33.3 Å². The molecule has 16 heteroatoms. The van der Waals surface area contributed by atoms with Gasteiger partial charge in [-0.3, -0.25) is 4.98 Å². The van der Waals surface area contributed by atoms with E-state index in [2.05, 4.69) is 15.0 Å². The van der Waals surface area contributed by atoms with E-state index in [0.29, 0.717) is 97.9 Å². The van der Waals surface area contributed by atoms with Crippen LogP contribution in [-0.2, 0) is 22.7 Å². The van der Waals surface area contributed by atoms with Gasteiger partial charge >= 0.3 is 0 Å². The fourth-order valence-electron chi connectivity index (χ4n) is 7.10.